The van der Waals surface area contributed by atoms with E-state index in [0.29, 0.717) is 29.2 Å². The number of aliphatic hydroxyl groups excluding tert-OH is 2. The van der Waals surface area contributed by atoms with Crippen molar-refractivity contribution in [1.29, 1.82) is 0 Å². The molecule has 5 aromatic rings. The minimum Gasteiger partial charge on any atom is -0.489 e. The third kappa shape index (κ3) is 6.64. The molecule has 0 saturated heterocycles. The Kier molecular flexibility index (Phi) is 8.54. The minimum atomic E-state index is -1.39. The molecular weight excluding hydrogens is 547 g/mol. The minimum absolute atomic E-state index is 0.0760. The summed E-state index contributed by atoms with van der Waals surface area (Å²) < 4.78 is 39.2. The maximum atomic E-state index is 15.1. The van der Waals surface area contributed by atoms with Crippen LogP contribution in [0.25, 0.3) is 0 Å². The maximum absolute atomic E-state index is 15.1. The molecule has 0 radical (unpaired) electrons. The monoisotopic (exact) mass is 578 g/mol. The molecule has 218 valence electrons. The molecule has 2 N–H and O–H groups in total. The van der Waals surface area contributed by atoms with Gasteiger partial charge in [0, 0.05) is 12.1 Å². The summed E-state index contributed by atoms with van der Waals surface area (Å²) in [6.07, 6.45) is -3.80. The lowest BCUT2D eigenvalue weighted by atomic mass is 9.91. The van der Waals surface area contributed by atoms with E-state index < -0.39 is 24.1 Å². The predicted molar refractivity (Wildman–Crippen MR) is 159 cm³/mol. The van der Waals surface area contributed by atoms with Crippen molar-refractivity contribution in [1.82, 2.24) is 0 Å². The first-order valence-corrected chi connectivity index (χ1v) is 14.1. The molecule has 0 aliphatic carbocycles. The van der Waals surface area contributed by atoms with Crippen molar-refractivity contribution in [2.24, 2.45) is 0 Å². The lowest BCUT2D eigenvalue weighted by molar-refractivity contribution is -0.0714. The summed E-state index contributed by atoms with van der Waals surface area (Å²) in [6, 6.07) is 36.5. The Morgan fingerprint density at radius 3 is 1.70 bits per heavy atom. The van der Waals surface area contributed by atoms with Gasteiger partial charge in [-0.15, -0.1) is 0 Å². The highest BCUT2D eigenvalue weighted by Gasteiger charge is 2.40. The van der Waals surface area contributed by atoms with Gasteiger partial charge in [-0.2, -0.15) is 0 Å². The van der Waals surface area contributed by atoms with Gasteiger partial charge in [0.05, 0.1) is 5.56 Å². The Bertz CT molecular complexity index is 1650. The number of hydrogen-bond donors (Lipinski definition) is 2. The topological polar surface area (TPSA) is 77.4 Å². The average molecular weight is 579 g/mol. The first-order valence-electron chi connectivity index (χ1n) is 14.1. The van der Waals surface area contributed by atoms with E-state index in [1.54, 1.807) is 18.2 Å². The molecular formula is C36H31FO6. The summed E-state index contributed by atoms with van der Waals surface area (Å²) in [5.74, 6) is 0.540. The van der Waals surface area contributed by atoms with Gasteiger partial charge in [-0.05, 0) is 34.4 Å². The average Bonchev–Trinajstić information content (AvgIpc) is 3.05. The molecule has 1 aliphatic heterocycles. The zero-order valence-electron chi connectivity index (χ0n) is 23.3. The third-order valence-corrected chi connectivity index (χ3v) is 7.27. The van der Waals surface area contributed by atoms with Crippen molar-refractivity contribution in [3.05, 3.63) is 155 Å². The SMILES string of the molecule is O[C@@H]1[C@@H](c2ccc(OCc3ccccc3)c(F)c2)Oc2cc(OCc3ccccc3)cc(OCc3ccccc3)c2[C@@H]1O. The highest BCUT2D eigenvalue weighted by Crippen LogP contribution is 2.48. The smallest absolute Gasteiger partial charge is 0.165 e. The van der Waals surface area contributed by atoms with Crippen LogP contribution in [0.4, 0.5) is 4.39 Å². The van der Waals surface area contributed by atoms with Gasteiger partial charge in [0.1, 0.15) is 49.3 Å². The van der Waals surface area contributed by atoms with Gasteiger partial charge in [0.25, 0.3) is 0 Å². The van der Waals surface area contributed by atoms with E-state index in [4.69, 9.17) is 18.9 Å². The van der Waals surface area contributed by atoms with Gasteiger partial charge in [0.2, 0.25) is 0 Å². The van der Waals surface area contributed by atoms with Crippen LogP contribution in [0.15, 0.2) is 121 Å². The Morgan fingerprint density at radius 2 is 1.14 bits per heavy atom. The second kappa shape index (κ2) is 13.0. The number of hydrogen-bond acceptors (Lipinski definition) is 6. The van der Waals surface area contributed by atoms with Crippen LogP contribution in [0.3, 0.4) is 0 Å². The van der Waals surface area contributed by atoms with Crippen LogP contribution in [0, 0.1) is 5.82 Å². The van der Waals surface area contributed by atoms with Crippen molar-refractivity contribution in [3.8, 4) is 23.0 Å². The van der Waals surface area contributed by atoms with Crippen LogP contribution in [0.2, 0.25) is 0 Å². The first-order chi connectivity index (χ1) is 21.0. The van der Waals surface area contributed by atoms with Crippen LogP contribution >= 0.6 is 0 Å². The first kappa shape index (κ1) is 28.3. The molecule has 0 unspecified atom stereocenters. The Hall–Kier alpha value is -4.85. The van der Waals surface area contributed by atoms with E-state index in [1.807, 2.05) is 91.0 Å². The number of rotatable bonds is 10. The van der Waals surface area contributed by atoms with E-state index in [2.05, 4.69) is 0 Å². The third-order valence-electron chi connectivity index (χ3n) is 7.27. The van der Waals surface area contributed by atoms with Crippen molar-refractivity contribution in [3.63, 3.8) is 0 Å². The summed E-state index contributed by atoms with van der Waals surface area (Å²) in [5.41, 5.74) is 3.47. The summed E-state index contributed by atoms with van der Waals surface area (Å²) in [7, 11) is 0. The molecule has 5 aromatic carbocycles. The zero-order valence-corrected chi connectivity index (χ0v) is 23.3. The van der Waals surface area contributed by atoms with Gasteiger partial charge < -0.3 is 29.2 Å². The number of fused-ring (bicyclic) bond motifs is 1. The van der Waals surface area contributed by atoms with Gasteiger partial charge in [-0.3, -0.25) is 0 Å². The van der Waals surface area contributed by atoms with Gasteiger partial charge in [0.15, 0.2) is 17.7 Å². The second-order valence-electron chi connectivity index (χ2n) is 10.3. The van der Waals surface area contributed by atoms with Gasteiger partial charge in [-0.25, -0.2) is 4.39 Å². The molecule has 6 rings (SSSR count). The molecule has 0 spiro atoms. The van der Waals surface area contributed by atoms with E-state index >= 15 is 4.39 Å². The van der Waals surface area contributed by atoms with Crippen LogP contribution in [0.5, 0.6) is 23.0 Å². The molecule has 0 bridgehead atoms. The molecule has 1 heterocycles. The molecule has 3 atom stereocenters. The highest BCUT2D eigenvalue weighted by molar-refractivity contribution is 5.54. The van der Waals surface area contributed by atoms with Crippen molar-refractivity contribution in [2.75, 3.05) is 0 Å². The van der Waals surface area contributed by atoms with Gasteiger partial charge in [-0.1, -0.05) is 97.1 Å². The summed E-state index contributed by atoms with van der Waals surface area (Å²) in [4.78, 5) is 0. The van der Waals surface area contributed by atoms with Crippen molar-refractivity contribution >= 4 is 0 Å². The summed E-state index contributed by atoms with van der Waals surface area (Å²) >= 11 is 0. The molecule has 43 heavy (non-hydrogen) atoms. The van der Waals surface area contributed by atoms with Crippen molar-refractivity contribution < 1.29 is 33.6 Å². The molecule has 0 fully saturated rings. The zero-order chi connectivity index (χ0) is 29.6. The summed E-state index contributed by atoms with van der Waals surface area (Å²) in [6.45, 7) is 0.753. The fourth-order valence-electron chi connectivity index (χ4n) is 5.00. The summed E-state index contributed by atoms with van der Waals surface area (Å²) in [5, 5.41) is 22.5. The highest BCUT2D eigenvalue weighted by atomic mass is 19.1. The second-order valence-corrected chi connectivity index (χ2v) is 10.3. The Balaban J connectivity index is 1.26. The van der Waals surface area contributed by atoms with Crippen LogP contribution in [-0.4, -0.2) is 16.3 Å². The van der Waals surface area contributed by atoms with E-state index in [-0.39, 0.29) is 24.7 Å². The maximum Gasteiger partial charge on any atom is 0.165 e. The number of halogens is 1. The molecule has 6 nitrogen and oxygen atoms in total. The predicted octanol–water partition coefficient (Wildman–Crippen LogP) is 7.09. The normalized spacial score (nSPS) is 17.4. The van der Waals surface area contributed by atoms with E-state index in [0.717, 1.165) is 16.7 Å². The van der Waals surface area contributed by atoms with E-state index in [9.17, 15) is 10.2 Å². The number of aliphatic hydroxyl groups is 2. The number of benzene rings is 5. The fraction of sp³-hybridized carbons (Fsp3) is 0.167. The van der Waals surface area contributed by atoms with Crippen LogP contribution in [-0.2, 0) is 19.8 Å². The largest absolute Gasteiger partial charge is 0.489 e. The Morgan fingerprint density at radius 1 is 0.605 bits per heavy atom. The molecule has 0 amide bonds. The van der Waals surface area contributed by atoms with E-state index in [1.165, 1.54) is 12.1 Å². The Labute approximate surface area is 249 Å². The van der Waals surface area contributed by atoms with Gasteiger partial charge >= 0.3 is 0 Å². The van der Waals surface area contributed by atoms with Crippen LogP contribution in [0.1, 0.15) is 40.0 Å². The van der Waals surface area contributed by atoms with Crippen molar-refractivity contribution in [2.45, 2.75) is 38.1 Å². The molecule has 1 aliphatic rings. The molecule has 0 aromatic heterocycles. The fourth-order valence-corrected chi connectivity index (χ4v) is 5.00. The van der Waals surface area contributed by atoms with Crippen LogP contribution < -0.4 is 18.9 Å². The lowest BCUT2D eigenvalue weighted by Crippen LogP contribution is -2.34. The lowest BCUT2D eigenvalue weighted by Gasteiger charge is -2.35. The molecule has 7 heteroatoms. The standard InChI is InChI=1S/C36H31FO6/c37-29-18-27(16-17-30(29)41-22-25-12-6-2-7-13-25)36-35(39)34(38)33-31(42-23-26-14-8-3-9-15-26)19-28(20-32(33)43-36)40-21-24-10-4-1-5-11-24/h1-20,34-36,38-39H,21-23H2/t34-,35-,36+/m0/s1. The quantitative estimate of drug-likeness (QED) is 0.184. The molecule has 0 saturated carbocycles. The number of ether oxygens (including phenoxy) is 4.